The van der Waals surface area contributed by atoms with E-state index in [0.717, 1.165) is 91.2 Å². The number of aliphatic hydroxyl groups is 1. The zero-order valence-electron chi connectivity index (χ0n) is 32.3. The summed E-state index contributed by atoms with van der Waals surface area (Å²) in [5.41, 5.74) is 6.54. The number of amides is 4. The normalized spacial score (nSPS) is 24.9. The summed E-state index contributed by atoms with van der Waals surface area (Å²) in [6.45, 7) is 8.92. The van der Waals surface area contributed by atoms with E-state index in [9.17, 15) is 29.5 Å². The van der Waals surface area contributed by atoms with Gasteiger partial charge in [0.05, 0.1) is 27.8 Å². The highest BCUT2D eigenvalue weighted by Crippen LogP contribution is 2.46. The molecule has 1 spiro atoms. The molecule has 57 heavy (non-hydrogen) atoms. The smallest absolute Gasteiger partial charge is 0.261 e. The number of carbonyl (C=O) groups is 4. The molecular formula is C44H48ClN7O5. The molecule has 0 radical (unpaired) electrons. The van der Waals surface area contributed by atoms with Gasteiger partial charge in [-0.15, -0.1) is 0 Å². The average molecular weight is 790 g/mol. The topological polar surface area (TPSA) is 141 Å². The van der Waals surface area contributed by atoms with Crippen molar-refractivity contribution in [2.45, 2.75) is 83.3 Å². The van der Waals surface area contributed by atoms with Crippen molar-refractivity contribution >= 4 is 46.6 Å². The maximum atomic E-state index is 13.6. The molecule has 296 valence electrons. The van der Waals surface area contributed by atoms with Crippen LogP contribution in [0, 0.1) is 22.7 Å². The van der Waals surface area contributed by atoms with Crippen LogP contribution in [0.1, 0.15) is 99.6 Å². The van der Waals surface area contributed by atoms with Crippen molar-refractivity contribution in [3.05, 3.63) is 93.0 Å². The molecule has 4 fully saturated rings. The molecular weight excluding hydrogens is 742 g/mol. The second-order valence-corrected chi connectivity index (χ2v) is 17.6. The van der Waals surface area contributed by atoms with Crippen molar-refractivity contribution in [1.29, 1.82) is 5.26 Å². The van der Waals surface area contributed by atoms with Gasteiger partial charge in [0.25, 0.3) is 17.7 Å². The zero-order valence-corrected chi connectivity index (χ0v) is 33.0. The quantitative estimate of drug-likeness (QED) is 0.325. The number of likely N-dealkylation sites (tertiary alicyclic amines) is 1. The Labute approximate surface area is 337 Å². The third-order valence-corrected chi connectivity index (χ3v) is 13.9. The molecule has 3 aromatic rings. The van der Waals surface area contributed by atoms with Crippen molar-refractivity contribution in [1.82, 2.24) is 20.0 Å². The lowest BCUT2D eigenvalue weighted by Crippen LogP contribution is -2.57. The number of nitriles is 1. The molecule has 2 unspecified atom stereocenters. The van der Waals surface area contributed by atoms with E-state index in [2.05, 4.69) is 45.1 Å². The number of aliphatic hydroxyl groups excluding tert-OH is 1. The minimum Gasteiger partial charge on any atom is -0.372 e. The zero-order chi connectivity index (χ0) is 39.6. The molecule has 9 rings (SSSR count). The molecule has 12 nitrogen and oxygen atoms in total. The highest BCUT2D eigenvalue weighted by Gasteiger charge is 2.46. The number of piperidine rings is 3. The third-order valence-electron chi connectivity index (χ3n) is 13.6. The van der Waals surface area contributed by atoms with Crippen molar-refractivity contribution in [2.75, 3.05) is 49.1 Å². The molecule has 6 aliphatic rings. The van der Waals surface area contributed by atoms with Crippen LogP contribution in [0.4, 0.5) is 11.4 Å². The van der Waals surface area contributed by atoms with Gasteiger partial charge in [-0.2, -0.15) is 5.26 Å². The monoisotopic (exact) mass is 789 g/mol. The lowest BCUT2D eigenvalue weighted by atomic mass is 9.76. The molecule has 2 N–H and O–H groups in total. The van der Waals surface area contributed by atoms with Crippen LogP contribution in [-0.2, 0) is 17.9 Å². The molecule has 3 aromatic carbocycles. The molecule has 0 bridgehead atoms. The average Bonchev–Trinajstić information content (AvgIpc) is 3.84. The first-order chi connectivity index (χ1) is 27.5. The lowest BCUT2D eigenvalue weighted by Gasteiger charge is -2.40. The SMILES string of the molecule is C[C@@H]1CC2(CCN(c3ccc(C(=O)N4CCC(CN5Cc6cc7c(cc6C5)C(=O)N(C5CCC(=O)NC5O)C7=O)CC4)cc3)CC2)CN1c1ccc(C#N)c(Cl)c1. The number of hydrogen-bond donors (Lipinski definition) is 2. The third kappa shape index (κ3) is 6.94. The van der Waals surface area contributed by atoms with Gasteiger partial charge in [-0.05, 0) is 123 Å². The Morgan fingerprint density at radius 2 is 1.56 bits per heavy atom. The number of halogens is 1. The highest BCUT2D eigenvalue weighted by molar-refractivity contribution is 6.32. The molecule has 0 aromatic heterocycles. The number of hydrogen-bond acceptors (Lipinski definition) is 9. The lowest BCUT2D eigenvalue weighted by molar-refractivity contribution is -0.129. The largest absolute Gasteiger partial charge is 0.372 e. The van der Waals surface area contributed by atoms with Crippen LogP contribution in [0.15, 0.2) is 54.6 Å². The van der Waals surface area contributed by atoms with Gasteiger partial charge in [-0.1, -0.05) is 11.6 Å². The Kier molecular flexibility index (Phi) is 9.74. The Morgan fingerprint density at radius 3 is 2.18 bits per heavy atom. The van der Waals surface area contributed by atoms with Gasteiger partial charge < -0.3 is 25.1 Å². The van der Waals surface area contributed by atoms with Crippen LogP contribution >= 0.6 is 11.6 Å². The van der Waals surface area contributed by atoms with Crippen LogP contribution in [-0.4, -0.2) is 101 Å². The standard InChI is InChI=1S/C44H48ClN7O5/c1-27-21-44(26-51(27)34-7-4-30(22-46)37(45)20-34)12-16-49(17-13-44)33-5-2-29(3-6-33)41(55)50-14-10-28(11-15-50)23-48-24-31-18-35-36(19-32(31)25-48)43(57)52(42(35)56)38-8-9-39(53)47-40(38)54/h2-7,18-20,27-28,38,40,54H,8-17,21,23-26H2,1H3,(H,47,53)/t27-,38?,40?/m1/s1. The fourth-order valence-corrected chi connectivity index (χ4v) is 10.6. The summed E-state index contributed by atoms with van der Waals surface area (Å²) in [6, 6.07) is 19.4. The van der Waals surface area contributed by atoms with Gasteiger partial charge in [-0.25, -0.2) is 0 Å². The fraction of sp³-hybridized carbons (Fsp3) is 0.477. The molecule has 3 atom stereocenters. The number of nitrogens with one attached hydrogen (secondary N) is 1. The fourth-order valence-electron chi connectivity index (χ4n) is 10.4. The Bertz CT molecular complexity index is 2130. The second kappa shape index (κ2) is 14.8. The minimum absolute atomic E-state index is 0.0788. The summed E-state index contributed by atoms with van der Waals surface area (Å²) in [5.74, 6) is -0.598. The van der Waals surface area contributed by atoms with E-state index in [4.69, 9.17) is 11.6 Å². The van der Waals surface area contributed by atoms with Crippen molar-refractivity contribution < 1.29 is 24.3 Å². The number of fused-ring (bicyclic) bond motifs is 2. The van der Waals surface area contributed by atoms with Crippen LogP contribution in [0.5, 0.6) is 0 Å². The Hall–Kier alpha value is -4.96. The Morgan fingerprint density at radius 1 is 0.912 bits per heavy atom. The van der Waals surface area contributed by atoms with Crippen molar-refractivity contribution in [3.63, 3.8) is 0 Å². The van der Waals surface area contributed by atoms with E-state index in [1.54, 1.807) is 0 Å². The molecule has 0 aliphatic carbocycles. The van der Waals surface area contributed by atoms with Crippen molar-refractivity contribution in [3.8, 4) is 6.07 Å². The number of benzene rings is 3. The first kappa shape index (κ1) is 37.6. The van der Waals surface area contributed by atoms with E-state index < -0.39 is 24.1 Å². The van der Waals surface area contributed by atoms with E-state index in [-0.39, 0.29) is 30.1 Å². The number of carbonyl (C=O) groups excluding carboxylic acids is 4. The summed E-state index contributed by atoms with van der Waals surface area (Å²) in [4.78, 5) is 62.3. The van der Waals surface area contributed by atoms with Gasteiger partial charge in [0.1, 0.15) is 12.3 Å². The maximum absolute atomic E-state index is 13.6. The number of nitrogens with zero attached hydrogens (tertiary/aromatic N) is 6. The highest BCUT2D eigenvalue weighted by atomic mass is 35.5. The van der Waals surface area contributed by atoms with Crippen LogP contribution in [0.2, 0.25) is 5.02 Å². The maximum Gasteiger partial charge on any atom is 0.261 e. The van der Waals surface area contributed by atoms with E-state index in [0.29, 0.717) is 59.9 Å². The number of imide groups is 1. The Balaban J connectivity index is 0.744. The first-order valence-electron chi connectivity index (χ1n) is 20.3. The number of anilines is 2. The van der Waals surface area contributed by atoms with E-state index in [1.165, 1.54) is 0 Å². The van der Waals surface area contributed by atoms with E-state index in [1.807, 2.05) is 47.4 Å². The molecule has 4 saturated heterocycles. The summed E-state index contributed by atoms with van der Waals surface area (Å²) in [6.07, 6.45) is 4.31. The predicted molar refractivity (Wildman–Crippen MR) is 215 cm³/mol. The predicted octanol–water partition coefficient (Wildman–Crippen LogP) is 5.16. The summed E-state index contributed by atoms with van der Waals surface area (Å²) in [7, 11) is 0. The van der Waals surface area contributed by atoms with Crippen LogP contribution in [0.25, 0.3) is 0 Å². The summed E-state index contributed by atoms with van der Waals surface area (Å²) in [5, 5.41) is 22.6. The van der Waals surface area contributed by atoms with Gasteiger partial charge >= 0.3 is 0 Å². The molecule has 6 aliphatic heterocycles. The molecule has 6 heterocycles. The van der Waals surface area contributed by atoms with Crippen LogP contribution < -0.4 is 15.1 Å². The summed E-state index contributed by atoms with van der Waals surface area (Å²) < 4.78 is 0. The first-order valence-corrected chi connectivity index (χ1v) is 20.7. The molecule has 13 heteroatoms. The minimum atomic E-state index is -1.27. The van der Waals surface area contributed by atoms with Crippen LogP contribution in [0.3, 0.4) is 0 Å². The summed E-state index contributed by atoms with van der Waals surface area (Å²) >= 11 is 6.38. The second-order valence-electron chi connectivity index (χ2n) is 17.2. The van der Waals surface area contributed by atoms with E-state index >= 15 is 0 Å². The van der Waals surface area contributed by atoms with Gasteiger partial charge in [-0.3, -0.25) is 29.0 Å². The van der Waals surface area contributed by atoms with Gasteiger partial charge in [0.2, 0.25) is 5.91 Å². The van der Waals surface area contributed by atoms with Gasteiger partial charge in [0, 0.05) is 81.8 Å². The van der Waals surface area contributed by atoms with Crippen molar-refractivity contribution in [2.24, 2.45) is 11.3 Å². The van der Waals surface area contributed by atoms with Gasteiger partial charge in [0.15, 0.2) is 0 Å². The molecule has 0 saturated carbocycles. The number of rotatable bonds is 6. The molecule has 4 amide bonds.